The predicted octanol–water partition coefficient (Wildman–Crippen LogP) is 4.03. The molecule has 28 heavy (non-hydrogen) atoms. The molecule has 0 atom stereocenters. The molecule has 1 aliphatic carbocycles. The van der Waals surface area contributed by atoms with Gasteiger partial charge in [-0.25, -0.2) is 4.68 Å². The summed E-state index contributed by atoms with van der Waals surface area (Å²) in [5, 5.41) is 11.0. The minimum atomic E-state index is -4.41. The molecule has 0 spiro atoms. The summed E-state index contributed by atoms with van der Waals surface area (Å²) < 4.78 is 45.1. The number of hydrogen-bond acceptors (Lipinski definition) is 5. The minimum Gasteiger partial charge on any atom is -0.465 e. The first kappa shape index (κ1) is 19.7. The van der Waals surface area contributed by atoms with Gasteiger partial charge >= 0.3 is 12.1 Å². The highest BCUT2D eigenvalue weighted by Gasteiger charge is 2.30. The van der Waals surface area contributed by atoms with Crippen molar-refractivity contribution in [1.29, 1.82) is 0 Å². The van der Waals surface area contributed by atoms with Crippen LogP contribution in [0.2, 0.25) is 0 Å². The summed E-state index contributed by atoms with van der Waals surface area (Å²) in [5.74, 6) is -0.422. The van der Waals surface area contributed by atoms with E-state index in [9.17, 15) is 18.0 Å². The maximum Gasteiger partial charge on any atom is 0.416 e. The van der Waals surface area contributed by atoms with Crippen molar-refractivity contribution in [2.45, 2.75) is 32.5 Å². The molecular formula is C19H19F3N4O2. The van der Waals surface area contributed by atoms with Gasteiger partial charge in [-0.15, -0.1) is 5.10 Å². The van der Waals surface area contributed by atoms with Gasteiger partial charge in [0, 0.05) is 17.0 Å². The normalized spacial score (nSPS) is 14.3. The Morgan fingerprint density at radius 3 is 2.82 bits per heavy atom. The Hall–Kier alpha value is -3.10. The van der Waals surface area contributed by atoms with Gasteiger partial charge in [0.25, 0.3) is 0 Å². The molecule has 2 aromatic rings. The number of benzene rings is 1. The Labute approximate surface area is 159 Å². The molecule has 1 N–H and O–H groups in total. The highest BCUT2D eigenvalue weighted by atomic mass is 19.4. The van der Waals surface area contributed by atoms with E-state index in [1.165, 1.54) is 10.7 Å². The zero-order valence-corrected chi connectivity index (χ0v) is 15.2. The molecule has 0 fully saturated rings. The smallest absolute Gasteiger partial charge is 0.416 e. The van der Waals surface area contributed by atoms with Crippen molar-refractivity contribution < 1.29 is 22.7 Å². The number of anilines is 1. The Morgan fingerprint density at radius 2 is 2.07 bits per heavy atom. The highest BCUT2D eigenvalue weighted by Crippen LogP contribution is 2.33. The van der Waals surface area contributed by atoms with Crippen molar-refractivity contribution in [3.05, 3.63) is 59.6 Å². The zero-order chi connectivity index (χ0) is 20.1. The van der Waals surface area contributed by atoms with Crippen molar-refractivity contribution in [3.8, 4) is 0 Å². The van der Waals surface area contributed by atoms with Crippen LogP contribution in [0.1, 0.15) is 31.0 Å². The number of aromatic nitrogens is 3. The number of rotatable bonds is 6. The molecule has 148 valence electrons. The lowest BCUT2D eigenvalue weighted by Crippen LogP contribution is -2.13. The second kappa shape index (κ2) is 8.28. The van der Waals surface area contributed by atoms with Gasteiger partial charge < -0.3 is 10.1 Å². The molecule has 0 amide bonds. The molecule has 0 aliphatic heterocycles. The van der Waals surface area contributed by atoms with Gasteiger partial charge in [-0.3, -0.25) is 4.79 Å². The van der Waals surface area contributed by atoms with Crippen LogP contribution in [0.5, 0.6) is 0 Å². The Balaban J connectivity index is 1.78. The number of allylic oxidation sites excluding steroid dienone is 3. The van der Waals surface area contributed by atoms with Crippen LogP contribution >= 0.6 is 0 Å². The Kier molecular flexibility index (Phi) is 5.81. The molecule has 1 aliphatic rings. The van der Waals surface area contributed by atoms with Crippen molar-refractivity contribution in [1.82, 2.24) is 15.0 Å². The van der Waals surface area contributed by atoms with E-state index >= 15 is 0 Å². The molecule has 1 aromatic heterocycles. The lowest BCUT2D eigenvalue weighted by molar-refractivity contribution is -0.144. The van der Waals surface area contributed by atoms with Gasteiger partial charge in [0.1, 0.15) is 12.2 Å². The maximum absolute atomic E-state index is 12.9. The number of nitrogens with zero attached hydrogens (tertiary/aromatic N) is 3. The van der Waals surface area contributed by atoms with E-state index in [-0.39, 0.29) is 13.2 Å². The van der Waals surface area contributed by atoms with Crippen molar-refractivity contribution >= 4 is 17.2 Å². The second-order valence-electron chi connectivity index (χ2n) is 6.12. The second-order valence-corrected chi connectivity index (χ2v) is 6.12. The van der Waals surface area contributed by atoms with Crippen LogP contribution in [0.25, 0.3) is 5.57 Å². The molecule has 0 bridgehead atoms. The number of halogens is 3. The fraction of sp³-hybridized carbons (Fsp3) is 0.316. The molecule has 9 heteroatoms. The van der Waals surface area contributed by atoms with E-state index in [0.717, 1.165) is 30.5 Å². The first-order valence-corrected chi connectivity index (χ1v) is 8.78. The van der Waals surface area contributed by atoms with Crippen molar-refractivity contribution in [3.63, 3.8) is 0 Å². The summed E-state index contributed by atoms with van der Waals surface area (Å²) in [6.45, 7) is 1.93. The Bertz CT molecular complexity index is 916. The lowest BCUT2D eigenvalue weighted by atomic mass is 10.0. The highest BCUT2D eigenvalue weighted by molar-refractivity contribution is 5.81. The van der Waals surface area contributed by atoms with Crippen LogP contribution in [-0.4, -0.2) is 27.6 Å². The molecule has 0 unspecified atom stereocenters. The van der Waals surface area contributed by atoms with E-state index < -0.39 is 17.7 Å². The quantitative estimate of drug-likeness (QED) is 0.752. The summed E-state index contributed by atoms with van der Waals surface area (Å²) in [4.78, 5) is 11.6. The molecule has 1 heterocycles. The fourth-order valence-electron chi connectivity index (χ4n) is 2.80. The molecule has 6 nitrogen and oxygen atoms in total. The fourth-order valence-corrected chi connectivity index (χ4v) is 2.80. The summed E-state index contributed by atoms with van der Waals surface area (Å²) in [6.07, 6.45) is 2.56. The average molecular weight is 392 g/mol. The van der Waals surface area contributed by atoms with E-state index in [1.807, 2.05) is 12.2 Å². The summed E-state index contributed by atoms with van der Waals surface area (Å²) in [7, 11) is 0. The van der Waals surface area contributed by atoms with Gasteiger partial charge in [-0.1, -0.05) is 23.4 Å². The van der Waals surface area contributed by atoms with Crippen molar-refractivity contribution in [2.75, 3.05) is 11.9 Å². The van der Waals surface area contributed by atoms with Gasteiger partial charge in [0.05, 0.1) is 18.4 Å². The average Bonchev–Trinajstić information content (AvgIpc) is 3.10. The number of nitrogens with one attached hydrogen (secondary N) is 1. The van der Waals surface area contributed by atoms with Gasteiger partial charge in [-0.2, -0.15) is 13.2 Å². The van der Waals surface area contributed by atoms with Gasteiger partial charge in [0.2, 0.25) is 0 Å². The minimum absolute atomic E-state index is 0.0613. The molecule has 3 rings (SSSR count). The first-order chi connectivity index (χ1) is 13.4. The third-order valence-electron chi connectivity index (χ3n) is 4.03. The number of alkyl halides is 3. The third-order valence-corrected chi connectivity index (χ3v) is 4.03. The summed E-state index contributed by atoms with van der Waals surface area (Å²) >= 11 is 0. The van der Waals surface area contributed by atoms with E-state index in [1.54, 1.807) is 19.2 Å². The van der Waals surface area contributed by atoms with Gasteiger partial charge in [0.15, 0.2) is 0 Å². The van der Waals surface area contributed by atoms with Gasteiger partial charge in [-0.05, 0) is 38.0 Å². The van der Waals surface area contributed by atoms with Crippen LogP contribution in [0, 0.1) is 0 Å². The number of carbonyl (C=O) groups excluding carboxylic acids is 1. The lowest BCUT2D eigenvalue weighted by Gasteiger charge is -2.17. The van der Waals surface area contributed by atoms with E-state index in [4.69, 9.17) is 4.74 Å². The molecule has 1 aromatic carbocycles. The Morgan fingerprint density at radius 1 is 1.29 bits per heavy atom. The predicted molar refractivity (Wildman–Crippen MR) is 97.0 cm³/mol. The van der Waals surface area contributed by atoms with Crippen LogP contribution in [0.15, 0.2) is 48.3 Å². The van der Waals surface area contributed by atoms with Crippen LogP contribution in [0.4, 0.5) is 18.9 Å². The number of hydrogen-bond donors (Lipinski definition) is 1. The molecule has 0 saturated heterocycles. The van der Waals surface area contributed by atoms with E-state index in [0.29, 0.717) is 17.1 Å². The third kappa shape index (κ3) is 4.79. The molecule has 0 saturated carbocycles. The topological polar surface area (TPSA) is 69.0 Å². The SMILES string of the molecule is CCOC(=O)Cn1cc(C2=CCCC=C2Nc2cccc(C(F)(F)F)c2)nn1. The molecular weight excluding hydrogens is 373 g/mol. The maximum atomic E-state index is 12.9. The van der Waals surface area contributed by atoms with Crippen LogP contribution in [0.3, 0.4) is 0 Å². The zero-order valence-electron chi connectivity index (χ0n) is 15.2. The largest absolute Gasteiger partial charge is 0.465 e. The monoisotopic (exact) mass is 392 g/mol. The number of ether oxygens (including phenoxy) is 1. The number of esters is 1. The van der Waals surface area contributed by atoms with Crippen LogP contribution < -0.4 is 5.32 Å². The van der Waals surface area contributed by atoms with Crippen LogP contribution in [-0.2, 0) is 22.3 Å². The summed E-state index contributed by atoms with van der Waals surface area (Å²) in [6, 6.07) is 5.01. The number of carbonyl (C=O) groups is 1. The summed E-state index contributed by atoms with van der Waals surface area (Å²) in [5.41, 5.74) is 1.50. The van der Waals surface area contributed by atoms with E-state index in [2.05, 4.69) is 15.6 Å². The first-order valence-electron chi connectivity index (χ1n) is 8.78. The standard InChI is InChI=1S/C19H19F3N4O2/c1-2-28-18(27)12-26-11-17(24-25-26)15-8-3-4-9-16(15)23-14-7-5-6-13(10-14)19(20,21)22/h5-11,23H,2-4,12H2,1H3. The molecule has 0 radical (unpaired) electrons. The van der Waals surface area contributed by atoms with Crippen molar-refractivity contribution in [2.24, 2.45) is 0 Å².